The van der Waals surface area contributed by atoms with E-state index in [1.165, 1.54) is 19.1 Å². The fraction of sp³-hybridized carbons (Fsp3) is 0.750. The van der Waals surface area contributed by atoms with Crippen LogP contribution in [0.15, 0.2) is 0 Å². The molecule has 0 radical (unpaired) electrons. The second-order valence-corrected chi connectivity index (χ2v) is 5.08. The van der Waals surface area contributed by atoms with E-state index in [9.17, 15) is 14.4 Å². The molecule has 0 aliphatic rings. The number of carbonyl (C=O) groups excluding carboxylic acids is 3. The second-order valence-electron chi connectivity index (χ2n) is 5.08. The van der Waals surface area contributed by atoms with E-state index >= 15 is 0 Å². The highest BCUT2D eigenvalue weighted by atomic mass is 16.5. The number of likely N-dealkylation sites (N-methyl/N-ethyl adjacent to an activating group) is 1. The fourth-order valence-electron chi connectivity index (χ4n) is 1.09. The Hall–Kier alpha value is -1.59. The highest BCUT2D eigenvalue weighted by Crippen LogP contribution is 2.12. The molecule has 0 bridgehead atoms. The molecule has 0 saturated heterocycles. The summed E-state index contributed by atoms with van der Waals surface area (Å²) in [6.07, 6.45) is 0.162. The highest BCUT2D eigenvalue weighted by molar-refractivity contribution is 5.84. The van der Waals surface area contributed by atoms with Gasteiger partial charge in [-0.15, -0.1) is 0 Å². The number of hydrogen-bond acceptors (Lipinski definition) is 4. The lowest BCUT2D eigenvalue weighted by Crippen LogP contribution is -2.38. The molecule has 0 atom stereocenters. The zero-order valence-corrected chi connectivity index (χ0v) is 11.7. The number of amides is 2. The molecule has 18 heavy (non-hydrogen) atoms. The first kappa shape index (κ1) is 16.4. The maximum Gasteiger partial charge on any atom is 0.325 e. The smallest absolute Gasteiger partial charge is 0.325 e. The monoisotopic (exact) mass is 258 g/mol. The van der Waals surface area contributed by atoms with Crippen molar-refractivity contribution in [1.29, 1.82) is 0 Å². The predicted octanol–water partition coefficient (Wildman–Crippen LogP) is 0.170. The molecule has 104 valence electrons. The Morgan fingerprint density at radius 1 is 1.22 bits per heavy atom. The third-order valence-corrected chi connectivity index (χ3v) is 2.33. The SMILES string of the molecule is COC(=O)CN(C)C(=O)CCNC(=O)C(C)(C)C. The zero-order chi connectivity index (χ0) is 14.3. The van der Waals surface area contributed by atoms with Gasteiger partial charge in [0.05, 0.1) is 7.11 Å². The molecular weight excluding hydrogens is 236 g/mol. The average Bonchev–Trinajstić information content (AvgIpc) is 2.26. The topological polar surface area (TPSA) is 75.7 Å². The Morgan fingerprint density at radius 3 is 2.22 bits per heavy atom. The molecule has 6 nitrogen and oxygen atoms in total. The van der Waals surface area contributed by atoms with Crippen LogP contribution in [-0.2, 0) is 19.1 Å². The van der Waals surface area contributed by atoms with Crippen LogP contribution in [0.25, 0.3) is 0 Å². The van der Waals surface area contributed by atoms with Gasteiger partial charge in [0.2, 0.25) is 11.8 Å². The Balaban J connectivity index is 3.97. The van der Waals surface area contributed by atoms with Crippen LogP contribution >= 0.6 is 0 Å². The first-order chi connectivity index (χ1) is 8.18. The Kier molecular flexibility index (Phi) is 6.36. The van der Waals surface area contributed by atoms with Crippen LogP contribution in [0, 0.1) is 5.41 Å². The van der Waals surface area contributed by atoms with Crippen molar-refractivity contribution in [2.24, 2.45) is 5.41 Å². The predicted molar refractivity (Wildman–Crippen MR) is 66.7 cm³/mol. The van der Waals surface area contributed by atoms with Crippen molar-refractivity contribution in [3.63, 3.8) is 0 Å². The summed E-state index contributed by atoms with van der Waals surface area (Å²) in [5.41, 5.74) is -0.471. The van der Waals surface area contributed by atoms with E-state index in [0.29, 0.717) is 0 Å². The normalized spacial score (nSPS) is 10.7. The van der Waals surface area contributed by atoms with Crippen LogP contribution in [0.3, 0.4) is 0 Å². The first-order valence-corrected chi connectivity index (χ1v) is 5.77. The highest BCUT2D eigenvalue weighted by Gasteiger charge is 2.21. The lowest BCUT2D eigenvalue weighted by Gasteiger charge is -2.19. The van der Waals surface area contributed by atoms with Crippen LogP contribution in [0.4, 0.5) is 0 Å². The summed E-state index contributed by atoms with van der Waals surface area (Å²) in [6.45, 7) is 5.58. The summed E-state index contributed by atoms with van der Waals surface area (Å²) in [5, 5.41) is 2.67. The molecule has 1 N–H and O–H groups in total. The molecule has 6 heteroatoms. The van der Waals surface area contributed by atoms with Gasteiger partial charge in [-0.2, -0.15) is 0 Å². The van der Waals surface area contributed by atoms with Crippen molar-refractivity contribution in [1.82, 2.24) is 10.2 Å². The van der Waals surface area contributed by atoms with Crippen molar-refractivity contribution >= 4 is 17.8 Å². The van der Waals surface area contributed by atoms with E-state index in [-0.39, 0.29) is 31.3 Å². The summed E-state index contributed by atoms with van der Waals surface area (Å²) in [7, 11) is 2.79. The molecule has 0 fully saturated rings. The molecule has 0 aromatic rings. The van der Waals surface area contributed by atoms with Crippen LogP contribution in [0.5, 0.6) is 0 Å². The average molecular weight is 258 g/mol. The molecule has 0 unspecified atom stereocenters. The fourth-order valence-corrected chi connectivity index (χ4v) is 1.09. The Bertz CT molecular complexity index is 321. The van der Waals surface area contributed by atoms with Gasteiger partial charge in [0, 0.05) is 25.4 Å². The molecule has 0 aliphatic heterocycles. The number of methoxy groups -OCH3 is 1. The van der Waals surface area contributed by atoms with Crippen LogP contribution in [0.1, 0.15) is 27.2 Å². The van der Waals surface area contributed by atoms with E-state index in [1.54, 1.807) is 20.8 Å². The van der Waals surface area contributed by atoms with Crippen LogP contribution in [-0.4, -0.2) is 49.9 Å². The van der Waals surface area contributed by atoms with Gasteiger partial charge in [0.1, 0.15) is 6.54 Å². The van der Waals surface area contributed by atoms with Crippen molar-refractivity contribution in [3.05, 3.63) is 0 Å². The van der Waals surface area contributed by atoms with Gasteiger partial charge >= 0.3 is 5.97 Å². The van der Waals surface area contributed by atoms with Crippen LogP contribution in [0.2, 0.25) is 0 Å². The largest absolute Gasteiger partial charge is 0.468 e. The third-order valence-electron chi connectivity index (χ3n) is 2.33. The van der Waals surface area contributed by atoms with E-state index < -0.39 is 11.4 Å². The maximum absolute atomic E-state index is 11.6. The van der Waals surface area contributed by atoms with E-state index in [4.69, 9.17) is 0 Å². The van der Waals surface area contributed by atoms with Crippen molar-refractivity contribution < 1.29 is 19.1 Å². The van der Waals surface area contributed by atoms with Gasteiger partial charge in [-0.1, -0.05) is 20.8 Å². The summed E-state index contributed by atoms with van der Waals surface area (Å²) in [4.78, 5) is 35.3. The van der Waals surface area contributed by atoms with Gasteiger partial charge in [-0.05, 0) is 0 Å². The quantitative estimate of drug-likeness (QED) is 0.713. The zero-order valence-electron chi connectivity index (χ0n) is 11.7. The molecule has 0 spiro atoms. The van der Waals surface area contributed by atoms with Crippen LogP contribution < -0.4 is 5.32 Å². The number of carbonyl (C=O) groups is 3. The van der Waals surface area contributed by atoms with Gasteiger partial charge in [0.15, 0.2) is 0 Å². The minimum absolute atomic E-state index is 0.0808. The first-order valence-electron chi connectivity index (χ1n) is 5.77. The second kappa shape index (κ2) is 6.98. The van der Waals surface area contributed by atoms with Crippen molar-refractivity contribution in [2.45, 2.75) is 27.2 Å². The molecule has 0 aromatic heterocycles. The van der Waals surface area contributed by atoms with Gasteiger partial charge in [-0.3, -0.25) is 14.4 Å². The van der Waals surface area contributed by atoms with Gasteiger partial charge < -0.3 is 15.0 Å². The Morgan fingerprint density at radius 2 is 1.78 bits per heavy atom. The molecular formula is C12H22N2O4. The van der Waals surface area contributed by atoms with E-state index in [0.717, 1.165) is 0 Å². The molecule has 0 rings (SSSR count). The maximum atomic E-state index is 11.6. The summed E-state index contributed by atoms with van der Waals surface area (Å²) in [5.74, 6) is -0.787. The third kappa shape index (κ3) is 6.22. The summed E-state index contributed by atoms with van der Waals surface area (Å²) < 4.78 is 4.46. The molecule has 0 heterocycles. The van der Waals surface area contributed by atoms with Gasteiger partial charge in [0.25, 0.3) is 0 Å². The lowest BCUT2D eigenvalue weighted by atomic mass is 9.96. The van der Waals surface area contributed by atoms with Crippen molar-refractivity contribution in [2.75, 3.05) is 27.2 Å². The van der Waals surface area contributed by atoms with Crippen molar-refractivity contribution in [3.8, 4) is 0 Å². The van der Waals surface area contributed by atoms with Gasteiger partial charge in [-0.25, -0.2) is 0 Å². The minimum Gasteiger partial charge on any atom is -0.468 e. The number of nitrogens with zero attached hydrogens (tertiary/aromatic N) is 1. The lowest BCUT2D eigenvalue weighted by molar-refractivity contribution is -0.146. The molecule has 0 saturated carbocycles. The molecule has 0 aliphatic carbocycles. The number of ether oxygens (including phenoxy) is 1. The summed E-state index contributed by atoms with van der Waals surface area (Å²) in [6, 6.07) is 0. The minimum atomic E-state index is -0.471. The summed E-state index contributed by atoms with van der Waals surface area (Å²) >= 11 is 0. The Labute approximate surface area is 108 Å². The number of nitrogens with one attached hydrogen (secondary N) is 1. The number of esters is 1. The number of rotatable bonds is 5. The standard InChI is InChI=1S/C12H22N2O4/c1-12(2,3)11(17)13-7-6-9(15)14(4)8-10(16)18-5/h6-8H2,1-5H3,(H,13,17). The molecule has 2 amide bonds. The van der Waals surface area contributed by atoms with E-state index in [1.807, 2.05) is 0 Å². The van der Waals surface area contributed by atoms with E-state index in [2.05, 4.69) is 10.1 Å². The molecule has 0 aromatic carbocycles. The number of hydrogen-bond donors (Lipinski definition) is 1.